The largest absolute Gasteiger partial charge is 0.0622 e. The van der Waals surface area contributed by atoms with Crippen LogP contribution < -0.4 is 0 Å². The molecule has 0 heterocycles. The van der Waals surface area contributed by atoms with Crippen molar-refractivity contribution in [3.63, 3.8) is 0 Å². The van der Waals surface area contributed by atoms with E-state index in [1.807, 2.05) is 0 Å². The van der Waals surface area contributed by atoms with Gasteiger partial charge in [-0.3, -0.25) is 0 Å². The Morgan fingerprint density at radius 3 is 1.86 bits per heavy atom. The van der Waals surface area contributed by atoms with Crippen LogP contribution in [0.4, 0.5) is 0 Å². The Balaban J connectivity index is 2.04. The first kappa shape index (κ1) is 15.1. The Hall–Kier alpha value is -0.780. The number of benzene rings is 1. The maximum atomic E-state index is 2.63. The molecule has 0 aliphatic heterocycles. The van der Waals surface area contributed by atoms with E-state index in [1.165, 1.54) is 57.8 Å². The summed E-state index contributed by atoms with van der Waals surface area (Å²) in [6, 6.07) is 11.3. The fourth-order valence-corrected chi connectivity index (χ4v) is 5.90. The van der Waals surface area contributed by atoms with Crippen LogP contribution in [0.5, 0.6) is 0 Å². The van der Waals surface area contributed by atoms with Gasteiger partial charge in [0, 0.05) is 0 Å². The van der Waals surface area contributed by atoms with Crippen LogP contribution in [0.2, 0.25) is 0 Å². The smallest absolute Gasteiger partial charge is 0.00420 e. The van der Waals surface area contributed by atoms with E-state index in [2.05, 4.69) is 51.1 Å². The van der Waals surface area contributed by atoms with Crippen LogP contribution in [-0.2, 0) is 5.41 Å². The van der Waals surface area contributed by atoms with Gasteiger partial charge in [0.1, 0.15) is 0 Å². The summed E-state index contributed by atoms with van der Waals surface area (Å²) in [6.07, 6.45) is 13.0. The predicted octanol–water partition coefficient (Wildman–Crippen LogP) is 6.50. The molecule has 0 bridgehead atoms. The molecule has 0 N–H and O–H groups in total. The molecule has 21 heavy (non-hydrogen) atoms. The average Bonchev–Trinajstić information content (AvgIpc) is 3.01. The highest BCUT2D eigenvalue weighted by Gasteiger charge is 2.57. The molecule has 0 aromatic heterocycles. The average molecular weight is 284 g/mol. The van der Waals surface area contributed by atoms with Crippen LogP contribution in [0.3, 0.4) is 0 Å². The predicted molar refractivity (Wildman–Crippen MR) is 91.6 cm³/mol. The van der Waals surface area contributed by atoms with Crippen molar-refractivity contribution in [2.75, 3.05) is 0 Å². The topological polar surface area (TPSA) is 0 Å². The van der Waals surface area contributed by atoms with Crippen molar-refractivity contribution < 1.29 is 0 Å². The summed E-state index contributed by atoms with van der Waals surface area (Å²) in [4.78, 5) is 0. The van der Waals surface area contributed by atoms with Crippen LogP contribution in [0.1, 0.15) is 84.1 Å². The maximum Gasteiger partial charge on any atom is -0.00420 e. The van der Waals surface area contributed by atoms with E-state index < -0.39 is 0 Å². The summed E-state index contributed by atoms with van der Waals surface area (Å²) in [5, 5.41) is 0. The van der Waals surface area contributed by atoms with Gasteiger partial charge in [0.15, 0.2) is 0 Å². The summed E-state index contributed by atoms with van der Waals surface area (Å²) in [5.74, 6) is 0. The van der Waals surface area contributed by atoms with Gasteiger partial charge in [-0.1, -0.05) is 83.2 Å². The molecule has 0 amide bonds. The lowest BCUT2D eigenvalue weighted by atomic mass is 9.46. The lowest BCUT2D eigenvalue weighted by Crippen LogP contribution is -2.51. The zero-order valence-corrected chi connectivity index (χ0v) is 14.3. The number of hydrogen-bond donors (Lipinski definition) is 0. The van der Waals surface area contributed by atoms with Crippen molar-refractivity contribution in [3.05, 3.63) is 35.9 Å². The lowest BCUT2D eigenvalue weighted by molar-refractivity contribution is -0.0416. The molecular formula is C21H32. The van der Waals surface area contributed by atoms with Crippen molar-refractivity contribution in [3.8, 4) is 0 Å². The summed E-state index contributed by atoms with van der Waals surface area (Å²) in [7, 11) is 0. The summed E-state index contributed by atoms with van der Waals surface area (Å²) in [5.41, 5.74) is 2.89. The Morgan fingerprint density at radius 1 is 0.762 bits per heavy atom. The maximum absolute atomic E-state index is 2.63. The second kappa shape index (κ2) is 5.45. The van der Waals surface area contributed by atoms with E-state index in [0.717, 1.165) is 0 Å². The normalized spacial score (nSPS) is 24.9. The molecule has 2 saturated carbocycles. The summed E-state index contributed by atoms with van der Waals surface area (Å²) in [6.45, 7) is 7.70. The molecule has 2 aliphatic rings. The molecule has 0 atom stereocenters. The molecule has 1 aromatic carbocycles. The van der Waals surface area contributed by atoms with Gasteiger partial charge < -0.3 is 0 Å². The Labute approximate surface area is 131 Å². The molecular weight excluding hydrogens is 252 g/mol. The van der Waals surface area contributed by atoms with E-state index in [4.69, 9.17) is 0 Å². The van der Waals surface area contributed by atoms with E-state index in [9.17, 15) is 0 Å². The van der Waals surface area contributed by atoms with Crippen LogP contribution >= 0.6 is 0 Å². The zero-order valence-electron chi connectivity index (χ0n) is 14.3. The quantitative estimate of drug-likeness (QED) is 0.594. The molecule has 0 unspecified atom stereocenters. The third kappa shape index (κ3) is 2.26. The van der Waals surface area contributed by atoms with Crippen LogP contribution in [0, 0.1) is 10.8 Å². The van der Waals surface area contributed by atoms with Gasteiger partial charge in [0.25, 0.3) is 0 Å². The number of rotatable bonds is 3. The van der Waals surface area contributed by atoms with E-state index >= 15 is 0 Å². The molecule has 2 aliphatic carbocycles. The fraction of sp³-hybridized carbons (Fsp3) is 0.714. The molecule has 0 heteroatoms. The highest BCUT2D eigenvalue weighted by Crippen LogP contribution is 2.65. The first-order valence-electron chi connectivity index (χ1n) is 9.07. The molecule has 0 nitrogen and oxygen atoms in total. The minimum Gasteiger partial charge on any atom is -0.0622 e. The summed E-state index contributed by atoms with van der Waals surface area (Å²) < 4.78 is 0. The van der Waals surface area contributed by atoms with Gasteiger partial charge in [-0.2, -0.15) is 0 Å². The second-order valence-electron chi connectivity index (χ2n) is 8.40. The number of hydrogen-bond acceptors (Lipinski definition) is 0. The Morgan fingerprint density at radius 2 is 1.29 bits per heavy atom. The van der Waals surface area contributed by atoms with E-state index in [-0.39, 0.29) is 5.41 Å². The first-order chi connectivity index (χ1) is 10.0. The Bertz CT molecular complexity index is 456. The van der Waals surface area contributed by atoms with Crippen molar-refractivity contribution >= 4 is 0 Å². The first-order valence-corrected chi connectivity index (χ1v) is 9.07. The molecule has 2 fully saturated rings. The standard InChI is InChI=1S/C21H32/c1-19(2,18-12-6-4-7-13-18)21(16-10-11-17-21)20(3)14-8-5-9-15-20/h4,6-7,12-13H,5,8-11,14-17H2,1-3H3. The van der Waals surface area contributed by atoms with Crippen LogP contribution in [0.25, 0.3) is 0 Å². The Kier molecular flexibility index (Phi) is 3.93. The van der Waals surface area contributed by atoms with Crippen molar-refractivity contribution in [1.82, 2.24) is 0 Å². The van der Waals surface area contributed by atoms with Gasteiger partial charge in [-0.05, 0) is 47.5 Å². The lowest BCUT2D eigenvalue weighted by Gasteiger charge is -2.58. The van der Waals surface area contributed by atoms with Crippen molar-refractivity contribution in [2.45, 2.75) is 84.0 Å². The van der Waals surface area contributed by atoms with Crippen LogP contribution in [0.15, 0.2) is 30.3 Å². The minimum atomic E-state index is 0.289. The van der Waals surface area contributed by atoms with Crippen molar-refractivity contribution in [2.24, 2.45) is 10.8 Å². The molecule has 0 saturated heterocycles. The highest BCUT2D eigenvalue weighted by atomic mass is 14.6. The highest BCUT2D eigenvalue weighted by molar-refractivity contribution is 5.29. The third-order valence-corrected chi connectivity index (χ3v) is 7.26. The van der Waals surface area contributed by atoms with Gasteiger partial charge in [0.05, 0.1) is 0 Å². The molecule has 0 spiro atoms. The molecule has 116 valence electrons. The van der Waals surface area contributed by atoms with E-state index in [1.54, 1.807) is 5.56 Å². The molecule has 3 rings (SSSR count). The molecule has 0 radical (unpaired) electrons. The molecule has 1 aromatic rings. The van der Waals surface area contributed by atoms with Crippen molar-refractivity contribution in [1.29, 1.82) is 0 Å². The van der Waals surface area contributed by atoms with Gasteiger partial charge >= 0.3 is 0 Å². The zero-order chi connectivity index (χ0) is 15.0. The van der Waals surface area contributed by atoms with Crippen LogP contribution in [-0.4, -0.2) is 0 Å². The SMILES string of the molecule is CC1(C2(C(C)(C)c3ccccc3)CCCC2)CCCCC1. The third-order valence-electron chi connectivity index (χ3n) is 7.26. The summed E-state index contributed by atoms with van der Waals surface area (Å²) >= 11 is 0. The fourth-order valence-electron chi connectivity index (χ4n) is 5.90. The van der Waals surface area contributed by atoms with Gasteiger partial charge in [-0.25, -0.2) is 0 Å². The minimum absolute atomic E-state index is 0.289. The van der Waals surface area contributed by atoms with Gasteiger partial charge in [0.2, 0.25) is 0 Å². The van der Waals surface area contributed by atoms with Gasteiger partial charge in [-0.15, -0.1) is 0 Å². The van der Waals surface area contributed by atoms with E-state index in [0.29, 0.717) is 10.8 Å². The second-order valence-corrected chi connectivity index (χ2v) is 8.40. The monoisotopic (exact) mass is 284 g/mol.